The van der Waals surface area contributed by atoms with E-state index in [4.69, 9.17) is 0 Å². The Bertz CT molecular complexity index is 408. The number of anilines is 1. The minimum atomic E-state index is -0.148. The van der Waals surface area contributed by atoms with Gasteiger partial charge >= 0.3 is 0 Å². The van der Waals surface area contributed by atoms with Crippen LogP contribution in [0.2, 0.25) is 0 Å². The molecule has 0 saturated heterocycles. The number of unbranched alkanes of at least 4 members (excludes halogenated alkanes) is 1. The fourth-order valence-electron chi connectivity index (χ4n) is 1.64. The highest BCUT2D eigenvalue weighted by atomic mass is 16.1. The second kappa shape index (κ2) is 9.25. The number of hydrogen-bond acceptors (Lipinski definition) is 5. The van der Waals surface area contributed by atoms with E-state index in [2.05, 4.69) is 32.4 Å². The molecule has 0 aliphatic carbocycles. The van der Waals surface area contributed by atoms with Crippen LogP contribution in [0.15, 0.2) is 12.3 Å². The molecule has 0 spiro atoms. The number of carbonyl (C=O) groups is 1. The van der Waals surface area contributed by atoms with Crippen LogP contribution >= 0.6 is 0 Å². The molecule has 6 nitrogen and oxygen atoms in total. The van der Waals surface area contributed by atoms with E-state index in [0.717, 1.165) is 32.4 Å². The van der Waals surface area contributed by atoms with Crippen molar-refractivity contribution in [3.8, 4) is 0 Å². The standard InChI is InChI=1S/C14H25N5O/c1-4-5-8-16-14-17-10-7-12(18-14)13(20)15-9-6-11-19(2)3/h7,10H,4-6,8-9,11H2,1-3H3,(H,15,20)(H,16,17,18). The van der Waals surface area contributed by atoms with Gasteiger partial charge in [-0.2, -0.15) is 0 Å². The molecule has 1 aromatic heterocycles. The zero-order valence-corrected chi connectivity index (χ0v) is 12.6. The second-order valence-electron chi connectivity index (χ2n) is 4.96. The van der Waals surface area contributed by atoms with Crippen LogP contribution in [-0.2, 0) is 0 Å². The Labute approximate surface area is 121 Å². The molecule has 0 aliphatic rings. The molecule has 6 heteroatoms. The summed E-state index contributed by atoms with van der Waals surface area (Å²) in [6, 6.07) is 1.63. The number of aromatic nitrogens is 2. The van der Waals surface area contributed by atoms with E-state index in [9.17, 15) is 4.79 Å². The zero-order valence-electron chi connectivity index (χ0n) is 12.6. The maximum atomic E-state index is 11.9. The van der Waals surface area contributed by atoms with Gasteiger partial charge in [0.25, 0.3) is 5.91 Å². The number of rotatable bonds is 9. The highest BCUT2D eigenvalue weighted by Gasteiger charge is 2.07. The summed E-state index contributed by atoms with van der Waals surface area (Å²) in [5.41, 5.74) is 0.406. The SMILES string of the molecule is CCCCNc1nccc(C(=O)NCCCN(C)C)n1. The van der Waals surface area contributed by atoms with Gasteiger partial charge in [0.05, 0.1) is 0 Å². The molecule has 1 heterocycles. The van der Waals surface area contributed by atoms with Crippen molar-refractivity contribution in [2.75, 3.05) is 39.0 Å². The van der Waals surface area contributed by atoms with Crippen molar-refractivity contribution in [3.63, 3.8) is 0 Å². The van der Waals surface area contributed by atoms with Gasteiger partial charge in [0.2, 0.25) is 5.95 Å². The van der Waals surface area contributed by atoms with Gasteiger partial charge in [-0.1, -0.05) is 13.3 Å². The topological polar surface area (TPSA) is 70.2 Å². The Kier molecular flexibility index (Phi) is 7.57. The zero-order chi connectivity index (χ0) is 14.8. The van der Waals surface area contributed by atoms with E-state index in [-0.39, 0.29) is 5.91 Å². The predicted octanol–water partition coefficient (Wildman–Crippen LogP) is 1.37. The predicted molar refractivity (Wildman–Crippen MR) is 80.9 cm³/mol. The molecule has 2 N–H and O–H groups in total. The summed E-state index contributed by atoms with van der Waals surface area (Å²) in [6.45, 7) is 4.55. The Morgan fingerprint density at radius 3 is 2.80 bits per heavy atom. The van der Waals surface area contributed by atoms with Crippen LogP contribution < -0.4 is 10.6 Å². The molecule has 0 saturated carbocycles. The van der Waals surface area contributed by atoms with E-state index in [1.54, 1.807) is 12.3 Å². The minimum Gasteiger partial charge on any atom is -0.354 e. The number of amides is 1. The summed E-state index contributed by atoms with van der Waals surface area (Å²) in [7, 11) is 4.03. The molecule has 20 heavy (non-hydrogen) atoms. The van der Waals surface area contributed by atoms with E-state index < -0.39 is 0 Å². The molecule has 0 bridgehead atoms. The Morgan fingerprint density at radius 2 is 2.10 bits per heavy atom. The first-order valence-corrected chi connectivity index (χ1v) is 7.13. The summed E-state index contributed by atoms with van der Waals surface area (Å²) in [5, 5.41) is 5.98. The first kappa shape index (κ1) is 16.4. The molecule has 1 amide bonds. The van der Waals surface area contributed by atoms with Crippen LogP contribution in [0.4, 0.5) is 5.95 Å². The fraction of sp³-hybridized carbons (Fsp3) is 0.643. The maximum Gasteiger partial charge on any atom is 0.270 e. The minimum absolute atomic E-state index is 0.148. The van der Waals surface area contributed by atoms with Crippen molar-refractivity contribution in [1.29, 1.82) is 0 Å². The van der Waals surface area contributed by atoms with Crippen molar-refractivity contribution in [2.45, 2.75) is 26.2 Å². The van der Waals surface area contributed by atoms with Crippen molar-refractivity contribution < 1.29 is 4.79 Å². The fourth-order valence-corrected chi connectivity index (χ4v) is 1.64. The van der Waals surface area contributed by atoms with Gasteiger partial charge in [0.1, 0.15) is 5.69 Å². The number of hydrogen-bond donors (Lipinski definition) is 2. The molecule has 1 rings (SSSR count). The van der Waals surface area contributed by atoms with Gasteiger partial charge < -0.3 is 15.5 Å². The summed E-state index contributed by atoms with van der Waals surface area (Å²) >= 11 is 0. The van der Waals surface area contributed by atoms with Gasteiger partial charge in [-0.15, -0.1) is 0 Å². The van der Waals surface area contributed by atoms with Crippen molar-refractivity contribution in [2.24, 2.45) is 0 Å². The molecule has 0 unspecified atom stereocenters. The third-order valence-electron chi connectivity index (χ3n) is 2.77. The van der Waals surface area contributed by atoms with Crippen molar-refractivity contribution >= 4 is 11.9 Å². The Hall–Kier alpha value is -1.69. The van der Waals surface area contributed by atoms with E-state index in [1.807, 2.05) is 14.1 Å². The van der Waals surface area contributed by atoms with Gasteiger partial charge in [0, 0.05) is 19.3 Å². The van der Waals surface area contributed by atoms with Gasteiger partial charge in [0.15, 0.2) is 0 Å². The van der Waals surface area contributed by atoms with Gasteiger partial charge in [-0.05, 0) is 39.5 Å². The largest absolute Gasteiger partial charge is 0.354 e. The molecule has 112 valence electrons. The number of carbonyl (C=O) groups excluding carboxylic acids is 1. The summed E-state index contributed by atoms with van der Waals surface area (Å²) in [5.74, 6) is 0.365. The molecular weight excluding hydrogens is 254 g/mol. The first-order chi connectivity index (χ1) is 9.63. The number of nitrogens with zero attached hydrogens (tertiary/aromatic N) is 3. The molecule has 0 radical (unpaired) electrons. The quantitative estimate of drug-likeness (QED) is 0.668. The lowest BCUT2D eigenvalue weighted by atomic mass is 10.3. The van der Waals surface area contributed by atoms with Crippen molar-refractivity contribution in [1.82, 2.24) is 20.2 Å². The summed E-state index contributed by atoms with van der Waals surface area (Å²) < 4.78 is 0. The number of nitrogens with one attached hydrogen (secondary N) is 2. The lowest BCUT2D eigenvalue weighted by Crippen LogP contribution is -2.28. The lowest BCUT2D eigenvalue weighted by Gasteiger charge is -2.10. The average molecular weight is 279 g/mol. The van der Waals surface area contributed by atoms with E-state index in [0.29, 0.717) is 18.2 Å². The second-order valence-corrected chi connectivity index (χ2v) is 4.96. The van der Waals surface area contributed by atoms with E-state index in [1.165, 1.54) is 0 Å². The smallest absolute Gasteiger partial charge is 0.270 e. The molecule has 0 atom stereocenters. The molecule has 0 aliphatic heterocycles. The van der Waals surface area contributed by atoms with Crippen LogP contribution in [0, 0.1) is 0 Å². The van der Waals surface area contributed by atoms with Crippen molar-refractivity contribution in [3.05, 3.63) is 18.0 Å². The molecule has 0 fully saturated rings. The third kappa shape index (κ3) is 6.47. The molecule has 0 aromatic carbocycles. The average Bonchev–Trinajstić information content (AvgIpc) is 2.44. The van der Waals surface area contributed by atoms with Gasteiger partial charge in [-0.3, -0.25) is 4.79 Å². The van der Waals surface area contributed by atoms with Gasteiger partial charge in [-0.25, -0.2) is 9.97 Å². The van der Waals surface area contributed by atoms with E-state index >= 15 is 0 Å². The monoisotopic (exact) mass is 279 g/mol. The van der Waals surface area contributed by atoms with Crippen LogP contribution in [0.5, 0.6) is 0 Å². The highest BCUT2D eigenvalue weighted by Crippen LogP contribution is 2.01. The van der Waals surface area contributed by atoms with Crippen LogP contribution in [-0.4, -0.2) is 54.5 Å². The lowest BCUT2D eigenvalue weighted by molar-refractivity contribution is 0.0947. The highest BCUT2D eigenvalue weighted by molar-refractivity contribution is 5.92. The van der Waals surface area contributed by atoms with Crippen LogP contribution in [0.1, 0.15) is 36.7 Å². The van der Waals surface area contributed by atoms with Crippen LogP contribution in [0.25, 0.3) is 0 Å². The van der Waals surface area contributed by atoms with Crippen LogP contribution in [0.3, 0.4) is 0 Å². The Balaban J connectivity index is 2.41. The summed E-state index contributed by atoms with van der Waals surface area (Å²) in [4.78, 5) is 22.3. The maximum absolute atomic E-state index is 11.9. The Morgan fingerprint density at radius 1 is 1.30 bits per heavy atom. The first-order valence-electron chi connectivity index (χ1n) is 7.13. The normalized spacial score (nSPS) is 10.6. The summed E-state index contributed by atoms with van der Waals surface area (Å²) in [6.07, 6.45) is 4.70. The molecule has 1 aromatic rings. The third-order valence-corrected chi connectivity index (χ3v) is 2.77. The molecular formula is C14H25N5O.